The Balaban J connectivity index is 2.29. The second kappa shape index (κ2) is 8.61. The molecule has 1 N–H and O–H groups in total. The van der Waals surface area contributed by atoms with Crippen molar-refractivity contribution in [2.45, 2.75) is 32.4 Å². The fraction of sp³-hybridized carbons (Fsp3) is 0.571. The Hall–Kier alpha value is -1.63. The third kappa shape index (κ3) is 6.57. The van der Waals surface area contributed by atoms with Crippen LogP contribution in [0.3, 0.4) is 0 Å². The first kappa shape index (κ1) is 17.4. The molecule has 0 atom stereocenters. The Morgan fingerprint density at radius 1 is 1.29 bits per heavy atom. The standard InChI is InChI=1S/C14H19F3N2O2/c1-2-3-8-21-9-4-7-18-13(20)11-5-6-12(19-10-11)14(15,16)17/h5-6,10H,2-4,7-9H2,1H3,(H,18,20). The SMILES string of the molecule is CCCCOCCCNC(=O)c1ccc(C(F)(F)F)nc1. The molecule has 1 aromatic heterocycles. The molecule has 1 rings (SSSR count). The van der Waals surface area contributed by atoms with Crippen LogP contribution in [0.4, 0.5) is 13.2 Å². The van der Waals surface area contributed by atoms with Crippen molar-refractivity contribution in [2.24, 2.45) is 0 Å². The molecule has 0 saturated carbocycles. The summed E-state index contributed by atoms with van der Waals surface area (Å²) < 4.78 is 42.3. The quantitative estimate of drug-likeness (QED) is 0.751. The first-order valence-corrected chi connectivity index (χ1v) is 6.84. The maximum atomic E-state index is 12.3. The van der Waals surface area contributed by atoms with Crippen molar-refractivity contribution in [1.82, 2.24) is 10.3 Å². The first-order chi connectivity index (χ1) is 9.95. The van der Waals surface area contributed by atoms with Gasteiger partial charge in [0.25, 0.3) is 5.91 Å². The van der Waals surface area contributed by atoms with Crippen LogP contribution in [0.25, 0.3) is 0 Å². The molecule has 0 bridgehead atoms. The van der Waals surface area contributed by atoms with E-state index >= 15 is 0 Å². The summed E-state index contributed by atoms with van der Waals surface area (Å²) in [5.41, 5.74) is -0.904. The van der Waals surface area contributed by atoms with Gasteiger partial charge in [-0.2, -0.15) is 13.2 Å². The van der Waals surface area contributed by atoms with Crippen molar-refractivity contribution in [3.05, 3.63) is 29.6 Å². The van der Waals surface area contributed by atoms with Gasteiger partial charge in [-0.15, -0.1) is 0 Å². The zero-order valence-corrected chi connectivity index (χ0v) is 11.9. The van der Waals surface area contributed by atoms with Crippen LogP contribution in [0.2, 0.25) is 0 Å². The highest BCUT2D eigenvalue weighted by Gasteiger charge is 2.32. The Morgan fingerprint density at radius 3 is 2.57 bits per heavy atom. The van der Waals surface area contributed by atoms with Gasteiger partial charge < -0.3 is 10.1 Å². The number of nitrogens with one attached hydrogen (secondary N) is 1. The zero-order chi connectivity index (χ0) is 15.7. The van der Waals surface area contributed by atoms with Crippen molar-refractivity contribution in [1.29, 1.82) is 0 Å². The van der Waals surface area contributed by atoms with Gasteiger partial charge in [0.2, 0.25) is 0 Å². The monoisotopic (exact) mass is 304 g/mol. The molecular formula is C14H19F3N2O2. The van der Waals surface area contributed by atoms with E-state index in [4.69, 9.17) is 4.74 Å². The van der Waals surface area contributed by atoms with E-state index in [1.54, 1.807) is 0 Å². The number of aromatic nitrogens is 1. The van der Waals surface area contributed by atoms with E-state index in [0.29, 0.717) is 26.2 Å². The van der Waals surface area contributed by atoms with Crippen LogP contribution in [0, 0.1) is 0 Å². The number of halogens is 3. The lowest BCUT2D eigenvalue weighted by Crippen LogP contribution is -2.25. The Morgan fingerprint density at radius 2 is 2.00 bits per heavy atom. The third-order valence-corrected chi connectivity index (χ3v) is 2.71. The predicted molar refractivity (Wildman–Crippen MR) is 71.9 cm³/mol. The molecule has 1 aromatic rings. The molecule has 0 aliphatic rings. The zero-order valence-electron chi connectivity index (χ0n) is 11.9. The minimum atomic E-state index is -4.50. The molecule has 0 aliphatic carbocycles. The molecule has 0 radical (unpaired) electrons. The lowest BCUT2D eigenvalue weighted by Gasteiger charge is -2.08. The fourth-order valence-corrected chi connectivity index (χ4v) is 1.52. The van der Waals surface area contributed by atoms with Crippen LogP contribution in [-0.2, 0) is 10.9 Å². The lowest BCUT2D eigenvalue weighted by molar-refractivity contribution is -0.141. The summed E-state index contributed by atoms with van der Waals surface area (Å²) in [6, 6.07) is 1.91. The molecule has 0 aromatic carbocycles. The van der Waals surface area contributed by atoms with Gasteiger partial charge >= 0.3 is 6.18 Å². The number of alkyl halides is 3. The molecule has 0 aliphatic heterocycles. The van der Waals surface area contributed by atoms with E-state index in [2.05, 4.69) is 17.2 Å². The molecule has 1 amide bonds. The van der Waals surface area contributed by atoms with Crippen LogP contribution in [0.15, 0.2) is 18.3 Å². The number of hydrogen-bond donors (Lipinski definition) is 1. The minimum absolute atomic E-state index is 0.106. The number of pyridine rings is 1. The van der Waals surface area contributed by atoms with Crippen molar-refractivity contribution in [3.8, 4) is 0 Å². The highest BCUT2D eigenvalue weighted by atomic mass is 19.4. The van der Waals surface area contributed by atoms with Crippen LogP contribution in [0.5, 0.6) is 0 Å². The Labute approximate surface area is 121 Å². The molecule has 0 spiro atoms. The number of ether oxygens (including phenoxy) is 1. The Kier molecular flexibility index (Phi) is 7.14. The predicted octanol–water partition coefficient (Wildman–Crippen LogP) is 3.04. The second-order valence-electron chi connectivity index (χ2n) is 4.51. The van der Waals surface area contributed by atoms with Gasteiger partial charge in [0.15, 0.2) is 0 Å². The van der Waals surface area contributed by atoms with Crippen LogP contribution in [-0.4, -0.2) is 30.6 Å². The van der Waals surface area contributed by atoms with Gasteiger partial charge in [-0.1, -0.05) is 13.3 Å². The summed E-state index contributed by atoms with van der Waals surface area (Å²) in [5.74, 6) is -0.440. The second-order valence-corrected chi connectivity index (χ2v) is 4.51. The summed E-state index contributed by atoms with van der Waals surface area (Å²) in [4.78, 5) is 14.9. The molecule has 4 nitrogen and oxygen atoms in total. The maximum absolute atomic E-state index is 12.3. The van der Waals surface area contributed by atoms with Gasteiger partial charge in [0.1, 0.15) is 5.69 Å². The van der Waals surface area contributed by atoms with E-state index in [0.717, 1.165) is 31.2 Å². The number of unbranched alkanes of at least 4 members (excludes halogenated alkanes) is 1. The maximum Gasteiger partial charge on any atom is 0.433 e. The number of nitrogens with zero attached hydrogens (tertiary/aromatic N) is 1. The van der Waals surface area contributed by atoms with Gasteiger partial charge in [0.05, 0.1) is 5.56 Å². The normalized spacial score (nSPS) is 11.4. The van der Waals surface area contributed by atoms with Crippen molar-refractivity contribution in [2.75, 3.05) is 19.8 Å². The van der Waals surface area contributed by atoms with Crippen LogP contribution < -0.4 is 5.32 Å². The van der Waals surface area contributed by atoms with Gasteiger partial charge in [0, 0.05) is 26.0 Å². The number of rotatable bonds is 8. The molecule has 1 heterocycles. The van der Waals surface area contributed by atoms with Gasteiger partial charge in [-0.05, 0) is 25.0 Å². The number of carbonyl (C=O) groups excluding carboxylic acids is 1. The summed E-state index contributed by atoms with van der Waals surface area (Å²) in [7, 11) is 0. The number of hydrogen-bond acceptors (Lipinski definition) is 3. The molecular weight excluding hydrogens is 285 g/mol. The lowest BCUT2D eigenvalue weighted by atomic mass is 10.2. The minimum Gasteiger partial charge on any atom is -0.381 e. The van der Waals surface area contributed by atoms with Crippen LogP contribution >= 0.6 is 0 Å². The fourth-order valence-electron chi connectivity index (χ4n) is 1.52. The van der Waals surface area contributed by atoms with E-state index in [9.17, 15) is 18.0 Å². The first-order valence-electron chi connectivity index (χ1n) is 6.84. The topological polar surface area (TPSA) is 51.2 Å². The highest BCUT2D eigenvalue weighted by Crippen LogP contribution is 2.27. The van der Waals surface area contributed by atoms with E-state index in [1.165, 1.54) is 0 Å². The molecule has 118 valence electrons. The summed E-state index contributed by atoms with van der Waals surface area (Å²) >= 11 is 0. The van der Waals surface area contributed by atoms with Crippen molar-refractivity contribution >= 4 is 5.91 Å². The number of carbonyl (C=O) groups is 1. The molecule has 21 heavy (non-hydrogen) atoms. The molecule has 7 heteroatoms. The van der Waals surface area contributed by atoms with E-state index in [1.807, 2.05) is 0 Å². The Bertz CT molecular complexity index is 433. The van der Waals surface area contributed by atoms with Gasteiger partial charge in [-0.3, -0.25) is 9.78 Å². The number of amides is 1. The van der Waals surface area contributed by atoms with Gasteiger partial charge in [-0.25, -0.2) is 0 Å². The average Bonchev–Trinajstić information content (AvgIpc) is 2.45. The molecule has 0 saturated heterocycles. The van der Waals surface area contributed by atoms with Crippen molar-refractivity contribution in [3.63, 3.8) is 0 Å². The summed E-state index contributed by atoms with van der Waals surface area (Å²) in [5, 5.41) is 2.61. The molecule has 0 fully saturated rings. The van der Waals surface area contributed by atoms with Crippen molar-refractivity contribution < 1.29 is 22.7 Å². The van der Waals surface area contributed by atoms with E-state index in [-0.39, 0.29) is 5.56 Å². The average molecular weight is 304 g/mol. The smallest absolute Gasteiger partial charge is 0.381 e. The van der Waals surface area contributed by atoms with E-state index < -0.39 is 17.8 Å². The third-order valence-electron chi connectivity index (χ3n) is 2.71. The summed E-state index contributed by atoms with van der Waals surface area (Å²) in [6.45, 7) is 3.73. The largest absolute Gasteiger partial charge is 0.433 e. The summed E-state index contributed by atoms with van der Waals surface area (Å²) in [6.07, 6.45) is -0.842. The molecule has 0 unspecified atom stereocenters. The van der Waals surface area contributed by atoms with Crippen LogP contribution in [0.1, 0.15) is 42.2 Å². The highest BCUT2D eigenvalue weighted by molar-refractivity contribution is 5.93.